The quantitative estimate of drug-likeness (QED) is 0.513. The molecule has 1 fully saturated rings. The highest BCUT2D eigenvalue weighted by Crippen LogP contribution is 2.45. The van der Waals surface area contributed by atoms with E-state index in [4.69, 9.17) is 4.74 Å². The second-order valence-electron chi connectivity index (χ2n) is 6.73. The molecule has 0 spiro atoms. The molecule has 0 aromatic rings. The van der Waals surface area contributed by atoms with Crippen LogP contribution in [0.3, 0.4) is 0 Å². The van der Waals surface area contributed by atoms with Crippen LogP contribution in [0.1, 0.15) is 85.5 Å². The minimum atomic E-state index is 0.359. The lowest BCUT2D eigenvalue weighted by molar-refractivity contribution is -0.129. The third kappa shape index (κ3) is 5.04. The fourth-order valence-electron chi connectivity index (χ4n) is 3.29. The van der Waals surface area contributed by atoms with Crippen molar-refractivity contribution in [3.8, 4) is 0 Å². The molecule has 1 saturated carbocycles. The molecule has 2 heteroatoms. The Morgan fingerprint density at radius 3 is 2.35 bits per heavy atom. The molecule has 1 rings (SSSR count). The summed E-state index contributed by atoms with van der Waals surface area (Å²) in [5.41, 5.74) is 0.359. The summed E-state index contributed by atoms with van der Waals surface area (Å²) in [5, 5.41) is 3.69. The van der Waals surface area contributed by atoms with E-state index in [1.807, 2.05) is 0 Å². The molecule has 0 saturated heterocycles. The van der Waals surface area contributed by atoms with Crippen molar-refractivity contribution in [2.75, 3.05) is 13.2 Å². The molecule has 0 aromatic heterocycles. The molecule has 0 radical (unpaired) electrons. The molecule has 0 amide bonds. The van der Waals surface area contributed by atoms with Crippen molar-refractivity contribution in [2.45, 2.75) is 97.6 Å². The van der Waals surface area contributed by atoms with Gasteiger partial charge >= 0.3 is 0 Å². The molecule has 1 aliphatic carbocycles. The maximum atomic E-state index is 6.16. The fraction of sp³-hybridized carbons (Fsp3) is 1.00. The van der Waals surface area contributed by atoms with Crippen LogP contribution in [0.4, 0.5) is 0 Å². The third-order valence-corrected chi connectivity index (χ3v) is 5.20. The normalized spacial score (nSPS) is 29.4. The summed E-state index contributed by atoms with van der Waals surface area (Å²) in [5.74, 6) is 0. The Hall–Kier alpha value is -0.0800. The highest BCUT2D eigenvalue weighted by Gasteiger charge is 2.50. The summed E-state index contributed by atoms with van der Waals surface area (Å²) in [6, 6.07) is 0.669. The third-order valence-electron chi connectivity index (χ3n) is 5.20. The standard InChI is InChI=1S/C18H37NO/c1-5-8-9-10-11-12-14-20-17-15-16(19-13-6-2)18(17,4)7-3/h16-17,19H,5-15H2,1-4H3. The summed E-state index contributed by atoms with van der Waals surface area (Å²) >= 11 is 0. The summed E-state index contributed by atoms with van der Waals surface area (Å²) in [7, 11) is 0. The van der Waals surface area contributed by atoms with Gasteiger partial charge in [0.05, 0.1) is 6.10 Å². The van der Waals surface area contributed by atoms with Gasteiger partial charge in [0, 0.05) is 18.1 Å². The minimum Gasteiger partial charge on any atom is -0.378 e. The number of ether oxygens (including phenoxy) is 1. The monoisotopic (exact) mass is 283 g/mol. The molecule has 3 unspecified atom stereocenters. The average Bonchev–Trinajstić information content (AvgIpc) is 2.46. The predicted molar refractivity (Wildman–Crippen MR) is 88.2 cm³/mol. The van der Waals surface area contributed by atoms with Gasteiger partial charge in [-0.15, -0.1) is 0 Å². The van der Waals surface area contributed by atoms with Crippen molar-refractivity contribution >= 4 is 0 Å². The number of nitrogens with one attached hydrogen (secondary N) is 1. The molecular formula is C18H37NO. The second kappa shape index (κ2) is 9.78. The first-order valence-electron chi connectivity index (χ1n) is 9.04. The van der Waals surface area contributed by atoms with Crippen molar-refractivity contribution in [2.24, 2.45) is 5.41 Å². The van der Waals surface area contributed by atoms with Crippen LogP contribution < -0.4 is 5.32 Å². The van der Waals surface area contributed by atoms with Crippen LogP contribution in [0.2, 0.25) is 0 Å². The summed E-state index contributed by atoms with van der Waals surface area (Å²) in [6.07, 6.45) is 12.2. The van der Waals surface area contributed by atoms with E-state index in [1.54, 1.807) is 0 Å². The molecule has 2 nitrogen and oxygen atoms in total. The molecule has 1 N–H and O–H groups in total. The Morgan fingerprint density at radius 2 is 1.70 bits per heavy atom. The predicted octanol–water partition coefficient (Wildman–Crippen LogP) is 4.92. The summed E-state index contributed by atoms with van der Waals surface area (Å²) in [6.45, 7) is 11.3. The Kier molecular flexibility index (Phi) is 8.79. The topological polar surface area (TPSA) is 21.3 Å². The van der Waals surface area contributed by atoms with Crippen molar-refractivity contribution in [3.05, 3.63) is 0 Å². The van der Waals surface area contributed by atoms with Crippen molar-refractivity contribution < 1.29 is 4.74 Å². The Morgan fingerprint density at radius 1 is 1.00 bits per heavy atom. The molecule has 20 heavy (non-hydrogen) atoms. The molecule has 120 valence electrons. The van der Waals surface area contributed by atoms with E-state index in [0.29, 0.717) is 17.6 Å². The smallest absolute Gasteiger partial charge is 0.0658 e. The molecule has 0 aromatic carbocycles. The van der Waals surface area contributed by atoms with Crippen molar-refractivity contribution in [3.63, 3.8) is 0 Å². The van der Waals surface area contributed by atoms with E-state index in [0.717, 1.165) is 13.2 Å². The van der Waals surface area contributed by atoms with Crippen molar-refractivity contribution in [1.82, 2.24) is 5.32 Å². The van der Waals surface area contributed by atoms with Crippen LogP contribution in [0, 0.1) is 5.41 Å². The van der Waals surface area contributed by atoms with Gasteiger partial charge in [-0.1, -0.05) is 59.8 Å². The van der Waals surface area contributed by atoms with Crippen LogP contribution in [-0.4, -0.2) is 25.3 Å². The lowest BCUT2D eigenvalue weighted by atomic mass is 9.61. The number of rotatable bonds is 12. The van der Waals surface area contributed by atoms with Crippen LogP contribution in [0.5, 0.6) is 0 Å². The molecule has 0 heterocycles. The van der Waals surface area contributed by atoms with Gasteiger partial charge in [0.15, 0.2) is 0 Å². The van der Waals surface area contributed by atoms with Crippen LogP contribution in [0.25, 0.3) is 0 Å². The lowest BCUT2D eigenvalue weighted by Gasteiger charge is -2.54. The minimum absolute atomic E-state index is 0.359. The molecule has 0 aliphatic heterocycles. The van der Waals surface area contributed by atoms with Gasteiger partial charge in [-0.25, -0.2) is 0 Å². The largest absolute Gasteiger partial charge is 0.378 e. The van der Waals surface area contributed by atoms with Gasteiger partial charge in [0.1, 0.15) is 0 Å². The Labute approximate surface area is 127 Å². The number of hydrogen-bond acceptors (Lipinski definition) is 2. The summed E-state index contributed by atoms with van der Waals surface area (Å²) in [4.78, 5) is 0. The number of hydrogen-bond donors (Lipinski definition) is 1. The zero-order valence-electron chi connectivity index (χ0n) is 14.3. The summed E-state index contributed by atoms with van der Waals surface area (Å²) < 4.78 is 6.16. The molecule has 3 atom stereocenters. The van der Waals surface area contributed by atoms with Gasteiger partial charge < -0.3 is 10.1 Å². The van der Waals surface area contributed by atoms with E-state index in [1.165, 1.54) is 57.8 Å². The second-order valence-corrected chi connectivity index (χ2v) is 6.73. The van der Waals surface area contributed by atoms with E-state index < -0.39 is 0 Å². The van der Waals surface area contributed by atoms with Crippen LogP contribution in [0.15, 0.2) is 0 Å². The van der Waals surface area contributed by atoms with Gasteiger partial charge in [-0.05, 0) is 32.2 Å². The Bertz CT molecular complexity index is 244. The van der Waals surface area contributed by atoms with Gasteiger partial charge in [0.2, 0.25) is 0 Å². The van der Waals surface area contributed by atoms with E-state index >= 15 is 0 Å². The fourth-order valence-corrected chi connectivity index (χ4v) is 3.29. The van der Waals surface area contributed by atoms with E-state index in [9.17, 15) is 0 Å². The number of unbranched alkanes of at least 4 members (excludes halogenated alkanes) is 5. The average molecular weight is 284 g/mol. The van der Waals surface area contributed by atoms with Crippen LogP contribution in [-0.2, 0) is 4.74 Å². The molecule has 0 bridgehead atoms. The first-order chi connectivity index (χ1) is 9.69. The van der Waals surface area contributed by atoms with Gasteiger partial charge in [-0.3, -0.25) is 0 Å². The van der Waals surface area contributed by atoms with Crippen molar-refractivity contribution in [1.29, 1.82) is 0 Å². The molecule has 1 aliphatic rings. The zero-order valence-corrected chi connectivity index (χ0v) is 14.3. The maximum absolute atomic E-state index is 6.16. The van der Waals surface area contributed by atoms with Gasteiger partial charge in [-0.2, -0.15) is 0 Å². The first-order valence-corrected chi connectivity index (χ1v) is 9.04. The first kappa shape index (κ1) is 18.0. The van der Waals surface area contributed by atoms with E-state index in [-0.39, 0.29) is 0 Å². The highest BCUT2D eigenvalue weighted by atomic mass is 16.5. The maximum Gasteiger partial charge on any atom is 0.0658 e. The molecular weight excluding hydrogens is 246 g/mol. The lowest BCUT2D eigenvalue weighted by Crippen LogP contribution is -2.62. The highest BCUT2D eigenvalue weighted by molar-refractivity contribution is 5.04. The van der Waals surface area contributed by atoms with Gasteiger partial charge in [0.25, 0.3) is 0 Å². The zero-order chi connectivity index (χ0) is 14.8. The SMILES string of the molecule is CCCCCCCCOC1CC(NCCC)C1(C)CC. The van der Waals surface area contributed by atoms with E-state index in [2.05, 4.69) is 33.0 Å². The Balaban J connectivity index is 2.12. The van der Waals surface area contributed by atoms with Crippen LogP contribution >= 0.6 is 0 Å².